The number of hydrogen-bond donors (Lipinski definition) is 2. The summed E-state index contributed by atoms with van der Waals surface area (Å²) in [6.07, 6.45) is 4.21. The first-order valence-corrected chi connectivity index (χ1v) is 8.47. The molecular formula is C17H25N5O. The average molecular weight is 315 g/mol. The lowest BCUT2D eigenvalue weighted by atomic mass is 9.76. The fourth-order valence-corrected chi connectivity index (χ4v) is 3.88. The topological polar surface area (TPSA) is 80.2 Å². The number of furan rings is 1. The van der Waals surface area contributed by atoms with Crippen molar-refractivity contribution < 1.29 is 4.42 Å². The van der Waals surface area contributed by atoms with Crippen LogP contribution in [0, 0.1) is 5.41 Å². The SMILES string of the molecule is CN[C@@H]1CCN(c2nc(N)nc3c4c(oc23)CCC(C)(C)C4)C1. The van der Waals surface area contributed by atoms with Gasteiger partial charge in [0.1, 0.15) is 11.3 Å². The molecule has 2 aliphatic rings. The van der Waals surface area contributed by atoms with Gasteiger partial charge in [-0.2, -0.15) is 4.98 Å². The zero-order valence-electron chi connectivity index (χ0n) is 14.1. The van der Waals surface area contributed by atoms with E-state index in [1.54, 1.807) is 0 Å². The number of aryl methyl sites for hydroxylation is 1. The van der Waals surface area contributed by atoms with Gasteiger partial charge in [-0.15, -0.1) is 0 Å². The van der Waals surface area contributed by atoms with Crippen LogP contribution in [0.5, 0.6) is 0 Å². The smallest absolute Gasteiger partial charge is 0.222 e. The standard InChI is InChI=1S/C17H25N5O/c1-17(2)6-4-12-11(8-17)13-14(23-12)15(21-16(18)20-13)22-7-5-10(9-22)19-3/h10,19H,4-9H2,1-3H3,(H2,18,20,21)/t10-/m1/s1. The summed E-state index contributed by atoms with van der Waals surface area (Å²) in [5, 5.41) is 3.34. The Bertz CT molecular complexity index is 751. The Kier molecular flexibility index (Phi) is 3.27. The minimum absolute atomic E-state index is 0.286. The summed E-state index contributed by atoms with van der Waals surface area (Å²) in [6.45, 7) is 6.50. The Morgan fingerprint density at radius 2 is 2.17 bits per heavy atom. The van der Waals surface area contributed by atoms with Gasteiger partial charge in [-0.05, 0) is 31.7 Å². The summed E-state index contributed by atoms with van der Waals surface area (Å²) in [7, 11) is 2.01. The van der Waals surface area contributed by atoms with Crippen molar-refractivity contribution in [2.75, 3.05) is 30.8 Å². The summed E-state index contributed by atoms with van der Waals surface area (Å²) in [5.41, 5.74) is 9.27. The molecule has 0 bridgehead atoms. The van der Waals surface area contributed by atoms with Crippen LogP contribution in [0.2, 0.25) is 0 Å². The molecule has 2 aromatic heterocycles. The second-order valence-corrected chi connectivity index (χ2v) is 7.65. The van der Waals surface area contributed by atoms with Crippen molar-refractivity contribution >= 4 is 22.9 Å². The maximum absolute atomic E-state index is 6.21. The van der Waals surface area contributed by atoms with Crippen LogP contribution in [0.3, 0.4) is 0 Å². The van der Waals surface area contributed by atoms with Gasteiger partial charge in [-0.25, -0.2) is 4.98 Å². The summed E-state index contributed by atoms with van der Waals surface area (Å²) in [6, 6.07) is 0.491. The van der Waals surface area contributed by atoms with E-state index in [-0.39, 0.29) is 5.41 Å². The molecule has 6 nitrogen and oxygen atoms in total. The molecule has 0 radical (unpaired) electrons. The third-order valence-electron chi connectivity index (χ3n) is 5.29. The van der Waals surface area contributed by atoms with Crippen LogP contribution in [0.4, 0.5) is 11.8 Å². The van der Waals surface area contributed by atoms with E-state index in [0.29, 0.717) is 12.0 Å². The van der Waals surface area contributed by atoms with Gasteiger partial charge in [0, 0.05) is 31.1 Å². The molecular weight excluding hydrogens is 290 g/mol. The van der Waals surface area contributed by atoms with Crippen molar-refractivity contribution in [2.45, 2.75) is 45.6 Å². The zero-order valence-corrected chi connectivity index (χ0v) is 14.1. The van der Waals surface area contributed by atoms with Gasteiger partial charge in [0.05, 0.1) is 0 Å². The van der Waals surface area contributed by atoms with Crippen LogP contribution in [0.15, 0.2) is 4.42 Å². The maximum Gasteiger partial charge on any atom is 0.222 e. The van der Waals surface area contributed by atoms with Crippen LogP contribution < -0.4 is 16.0 Å². The van der Waals surface area contributed by atoms with Crippen molar-refractivity contribution in [2.24, 2.45) is 5.41 Å². The van der Waals surface area contributed by atoms with Gasteiger partial charge in [-0.3, -0.25) is 0 Å². The largest absolute Gasteiger partial charge is 0.455 e. The molecule has 0 unspecified atom stereocenters. The van der Waals surface area contributed by atoms with Gasteiger partial charge in [0.15, 0.2) is 11.4 Å². The summed E-state index contributed by atoms with van der Waals surface area (Å²) in [4.78, 5) is 11.3. The molecule has 0 amide bonds. The Morgan fingerprint density at radius 3 is 2.91 bits per heavy atom. The highest BCUT2D eigenvalue weighted by atomic mass is 16.3. The predicted octanol–water partition coefficient (Wildman–Crippen LogP) is 2.12. The van der Waals surface area contributed by atoms with E-state index in [1.807, 2.05) is 7.05 Å². The Labute approximate surface area is 136 Å². The van der Waals surface area contributed by atoms with E-state index in [9.17, 15) is 0 Å². The number of hydrogen-bond acceptors (Lipinski definition) is 6. The summed E-state index contributed by atoms with van der Waals surface area (Å²) < 4.78 is 6.21. The first-order valence-electron chi connectivity index (χ1n) is 8.47. The minimum atomic E-state index is 0.286. The fourth-order valence-electron chi connectivity index (χ4n) is 3.88. The predicted molar refractivity (Wildman–Crippen MR) is 91.7 cm³/mol. The lowest BCUT2D eigenvalue weighted by molar-refractivity contribution is 0.298. The highest BCUT2D eigenvalue weighted by Gasteiger charge is 2.33. The van der Waals surface area contributed by atoms with E-state index >= 15 is 0 Å². The first kappa shape index (κ1) is 14.8. The number of likely N-dealkylation sites (N-methyl/N-ethyl adjacent to an activating group) is 1. The molecule has 0 spiro atoms. The molecule has 1 fully saturated rings. The second-order valence-electron chi connectivity index (χ2n) is 7.65. The molecule has 4 rings (SSSR count). The van der Waals surface area contributed by atoms with Crippen molar-refractivity contribution in [3.63, 3.8) is 0 Å². The van der Waals surface area contributed by atoms with Crippen molar-refractivity contribution in [3.8, 4) is 0 Å². The Hall–Kier alpha value is -1.82. The molecule has 0 aromatic carbocycles. The van der Waals surface area contributed by atoms with Gasteiger partial charge < -0.3 is 20.4 Å². The van der Waals surface area contributed by atoms with Crippen molar-refractivity contribution in [1.82, 2.24) is 15.3 Å². The highest BCUT2D eigenvalue weighted by Crippen LogP contribution is 2.41. The number of rotatable bonds is 2. The molecule has 3 heterocycles. The molecule has 0 saturated carbocycles. The van der Waals surface area contributed by atoms with E-state index in [1.165, 1.54) is 5.56 Å². The van der Waals surface area contributed by atoms with Crippen LogP contribution in [-0.2, 0) is 12.8 Å². The number of nitrogens with one attached hydrogen (secondary N) is 1. The van der Waals surface area contributed by atoms with Crippen molar-refractivity contribution in [3.05, 3.63) is 11.3 Å². The van der Waals surface area contributed by atoms with Gasteiger partial charge >= 0.3 is 0 Å². The zero-order chi connectivity index (χ0) is 16.2. The Balaban J connectivity index is 1.82. The number of nitrogens with zero attached hydrogens (tertiary/aromatic N) is 3. The maximum atomic E-state index is 6.21. The van der Waals surface area contributed by atoms with Crippen LogP contribution in [0.1, 0.15) is 38.0 Å². The average Bonchev–Trinajstić information content (AvgIpc) is 3.10. The minimum Gasteiger partial charge on any atom is -0.455 e. The second kappa shape index (κ2) is 5.09. The third-order valence-corrected chi connectivity index (χ3v) is 5.29. The van der Waals surface area contributed by atoms with Gasteiger partial charge in [0.2, 0.25) is 5.95 Å². The molecule has 3 N–H and O–H groups in total. The molecule has 124 valence electrons. The summed E-state index contributed by atoms with van der Waals surface area (Å²) in [5.74, 6) is 2.27. The first-order chi connectivity index (χ1) is 11.0. The highest BCUT2D eigenvalue weighted by molar-refractivity contribution is 5.89. The number of fused-ring (bicyclic) bond motifs is 3. The molecule has 1 aliphatic heterocycles. The lowest BCUT2D eigenvalue weighted by Crippen LogP contribution is -2.30. The van der Waals surface area contributed by atoms with Gasteiger partial charge in [0.25, 0.3) is 0 Å². The quantitative estimate of drug-likeness (QED) is 0.883. The van der Waals surface area contributed by atoms with E-state index in [2.05, 4.69) is 34.0 Å². The molecule has 1 aliphatic carbocycles. The molecule has 1 atom stereocenters. The lowest BCUT2D eigenvalue weighted by Gasteiger charge is -2.28. The fraction of sp³-hybridized carbons (Fsp3) is 0.647. The van der Waals surface area contributed by atoms with Crippen LogP contribution >= 0.6 is 0 Å². The number of nitrogens with two attached hydrogens (primary N) is 1. The molecule has 2 aromatic rings. The monoisotopic (exact) mass is 315 g/mol. The Morgan fingerprint density at radius 1 is 1.35 bits per heavy atom. The van der Waals surface area contributed by atoms with Crippen molar-refractivity contribution in [1.29, 1.82) is 0 Å². The third kappa shape index (κ3) is 2.45. The number of anilines is 2. The number of aromatic nitrogens is 2. The normalized spacial score (nSPS) is 23.4. The molecule has 23 heavy (non-hydrogen) atoms. The van der Waals surface area contributed by atoms with Crippen LogP contribution in [0.25, 0.3) is 11.1 Å². The number of nitrogen functional groups attached to an aromatic ring is 1. The molecule has 1 saturated heterocycles. The van der Waals surface area contributed by atoms with Gasteiger partial charge in [-0.1, -0.05) is 13.8 Å². The van der Waals surface area contributed by atoms with E-state index < -0.39 is 0 Å². The molecule has 6 heteroatoms. The summed E-state index contributed by atoms with van der Waals surface area (Å²) >= 11 is 0. The van der Waals surface area contributed by atoms with Crippen LogP contribution in [-0.4, -0.2) is 36.1 Å². The van der Waals surface area contributed by atoms with E-state index in [0.717, 1.165) is 61.5 Å². The van der Waals surface area contributed by atoms with E-state index in [4.69, 9.17) is 10.2 Å².